The summed E-state index contributed by atoms with van der Waals surface area (Å²) in [6.45, 7) is 3.17. The molecule has 3 heteroatoms. The van der Waals surface area contributed by atoms with E-state index in [-0.39, 0.29) is 24.4 Å². The van der Waals surface area contributed by atoms with Crippen molar-refractivity contribution in [2.45, 2.75) is 39.2 Å². The first-order valence-corrected chi connectivity index (χ1v) is 3.75. The summed E-state index contributed by atoms with van der Waals surface area (Å²) in [6.07, 6.45) is 0.0402. The first-order chi connectivity index (χ1) is 5.06. The average Bonchev–Trinajstić information content (AvgIpc) is 1.85. The van der Waals surface area contributed by atoms with E-state index >= 15 is 0 Å². The number of carbonyl (C=O) groups excluding carboxylic acids is 2. The average molecular weight is 158 g/mol. The number of aliphatic hydroxyl groups excluding tert-OH is 1. The molecule has 1 unspecified atom stereocenters. The van der Waals surface area contributed by atoms with Gasteiger partial charge in [-0.05, 0) is 13.3 Å². The Bertz CT molecular complexity index is 151. The summed E-state index contributed by atoms with van der Waals surface area (Å²) in [5.74, 6) is -0.315. The van der Waals surface area contributed by atoms with Crippen molar-refractivity contribution in [3.8, 4) is 0 Å². The van der Waals surface area contributed by atoms with Crippen LogP contribution in [0.4, 0.5) is 0 Å². The van der Waals surface area contributed by atoms with E-state index in [1.54, 1.807) is 6.92 Å². The van der Waals surface area contributed by atoms with Gasteiger partial charge in [0.25, 0.3) is 0 Å². The highest BCUT2D eigenvalue weighted by Gasteiger charge is 2.10. The van der Waals surface area contributed by atoms with Crippen LogP contribution in [0.3, 0.4) is 0 Å². The van der Waals surface area contributed by atoms with Gasteiger partial charge in [0.05, 0.1) is 12.5 Å². The molecule has 1 atom stereocenters. The summed E-state index contributed by atoms with van der Waals surface area (Å²) in [4.78, 5) is 21.3. The lowest BCUT2D eigenvalue weighted by Crippen LogP contribution is -2.14. The van der Waals surface area contributed by atoms with Gasteiger partial charge in [-0.25, -0.2) is 0 Å². The maximum Gasteiger partial charge on any atom is 0.142 e. The lowest BCUT2D eigenvalue weighted by atomic mass is 10.1. The quantitative estimate of drug-likeness (QED) is 0.599. The van der Waals surface area contributed by atoms with Crippen molar-refractivity contribution in [2.75, 3.05) is 0 Å². The van der Waals surface area contributed by atoms with Gasteiger partial charge in [0.15, 0.2) is 0 Å². The minimum absolute atomic E-state index is 0.0446. The summed E-state index contributed by atoms with van der Waals surface area (Å²) in [5, 5.41) is 9.01. The van der Waals surface area contributed by atoms with Crippen LogP contribution in [0.25, 0.3) is 0 Å². The van der Waals surface area contributed by atoms with Gasteiger partial charge in [-0.1, -0.05) is 6.92 Å². The predicted molar refractivity (Wildman–Crippen MR) is 41.2 cm³/mol. The van der Waals surface area contributed by atoms with Gasteiger partial charge in [0, 0.05) is 6.42 Å². The number of rotatable bonds is 5. The fourth-order valence-electron chi connectivity index (χ4n) is 0.757. The van der Waals surface area contributed by atoms with E-state index in [1.165, 1.54) is 6.92 Å². The minimum atomic E-state index is -0.582. The normalized spacial score (nSPS) is 12.6. The van der Waals surface area contributed by atoms with Crippen LogP contribution in [-0.2, 0) is 9.59 Å². The molecule has 0 aromatic heterocycles. The zero-order valence-electron chi connectivity index (χ0n) is 6.96. The summed E-state index contributed by atoms with van der Waals surface area (Å²) in [7, 11) is 0. The van der Waals surface area contributed by atoms with Crippen molar-refractivity contribution in [1.29, 1.82) is 0 Å². The van der Waals surface area contributed by atoms with Crippen LogP contribution in [0.1, 0.15) is 33.1 Å². The first kappa shape index (κ1) is 10.3. The van der Waals surface area contributed by atoms with E-state index in [2.05, 4.69) is 0 Å². The molecule has 1 N–H and O–H groups in total. The highest BCUT2D eigenvalue weighted by Crippen LogP contribution is 2.00. The van der Waals surface area contributed by atoms with Crippen LogP contribution in [0.5, 0.6) is 0 Å². The van der Waals surface area contributed by atoms with Crippen molar-refractivity contribution in [3.63, 3.8) is 0 Å². The molecule has 64 valence electrons. The third kappa shape index (κ3) is 5.73. The fourth-order valence-corrected chi connectivity index (χ4v) is 0.757. The zero-order valence-corrected chi connectivity index (χ0v) is 6.96. The lowest BCUT2D eigenvalue weighted by Gasteiger charge is -2.04. The molecule has 0 aliphatic heterocycles. The third-order valence-electron chi connectivity index (χ3n) is 1.38. The maximum absolute atomic E-state index is 10.8. The molecule has 0 aromatic carbocycles. The Balaban J connectivity index is 3.60. The summed E-state index contributed by atoms with van der Waals surface area (Å²) in [5.41, 5.74) is 0. The smallest absolute Gasteiger partial charge is 0.142 e. The van der Waals surface area contributed by atoms with Gasteiger partial charge < -0.3 is 5.11 Å². The van der Waals surface area contributed by atoms with Crippen molar-refractivity contribution in [3.05, 3.63) is 0 Å². The van der Waals surface area contributed by atoms with E-state index in [9.17, 15) is 9.59 Å². The maximum atomic E-state index is 10.8. The number of ketones is 2. The van der Waals surface area contributed by atoms with Crippen LogP contribution >= 0.6 is 0 Å². The molecule has 0 rings (SSSR count). The summed E-state index contributed by atoms with van der Waals surface area (Å²) < 4.78 is 0. The topological polar surface area (TPSA) is 54.4 Å². The second-order valence-corrected chi connectivity index (χ2v) is 2.68. The fraction of sp³-hybridized carbons (Fsp3) is 0.750. The van der Waals surface area contributed by atoms with Crippen molar-refractivity contribution in [2.24, 2.45) is 0 Å². The molecule has 0 spiro atoms. The number of aliphatic hydroxyl groups is 1. The Morgan fingerprint density at radius 2 is 2.00 bits per heavy atom. The Hall–Kier alpha value is -0.700. The van der Waals surface area contributed by atoms with Crippen LogP contribution in [0.2, 0.25) is 0 Å². The van der Waals surface area contributed by atoms with Crippen molar-refractivity contribution >= 4 is 11.6 Å². The molecule has 0 aromatic rings. The monoisotopic (exact) mass is 158 g/mol. The third-order valence-corrected chi connectivity index (χ3v) is 1.38. The first-order valence-electron chi connectivity index (χ1n) is 3.75. The second-order valence-electron chi connectivity index (χ2n) is 2.68. The highest BCUT2D eigenvalue weighted by molar-refractivity contribution is 5.98. The van der Waals surface area contributed by atoms with Gasteiger partial charge in [-0.2, -0.15) is 0 Å². The van der Waals surface area contributed by atoms with Gasteiger partial charge >= 0.3 is 0 Å². The predicted octanol–water partition coefficient (Wildman–Crippen LogP) is 0.696. The number of hydrogen-bond acceptors (Lipinski definition) is 3. The molecular weight excluding hydrogens is 144 g/mol. The Morgan fingerprint density at radius 3 is 2.36 bits per heavy atom. The van der Waals surface area contributed by atoms with Crippen molar-refractivity contribution < 1.29 is 14.7 Å². The van der Waals surface area contributed by atoms with Gasteiger partial charge in [-0.15, -0.1) is 0 Å². The molecule has 0 amide bonds. The lowest BCUT2D eigenvalue weighted by molar-refractivity contribution is -0.127. The molecule has 3 nitrogen and oxygen atoms in total. The zero-order chi connectivity index (χ0) is 8.85. The van der Waals surface area contributed by atoms with E-state index in [0.717, 1.165) is 0 Å². The van der Waals surface area contributed by atoms with Crippen LogP contribution < -0.4 is 0 Å². The van der Waals surface area contributed by atoms with Crippen LogP contribution in [0.15, 0.2) is 0 Å². The number of hydrogen-bond donors (Lipinski definition) is 1. The number of Topliss-reactive ketones (excluding diaryl/α,β-unsaturated/α-hetero) is 2. The Labute approximate surface area is 66.4 Å². The molecule has 0 radical (unpaired) electrons. The number of carbonyl (C=O) groups is 2. The molecule has 0 bridgehead atoms. The van der Waals surface area contributed by atoms with Gasteiger partial charge in [0.1, 0.15) is 11.6 Å². The largest absolute Gasteiger partial charge is 0.393 e. The van der Waals surface area contributed by atoms with Gasteiger partial charge in [-0.3, -0.25) is 9.59 Å². The molecule has 0 saturated carbocycles. The molecule has 0 fully saturated rings. The molecule has 0 aliphatic rings. The molecule has 0 aliphatic carbocycles. The highest BCUT2D eigenvalue weighted by atomic mass is 16.3. The van der Waals surface area contributed by atoms with E-state index < -0.39 is 6.10 Å². The van der Waals surface area contributed by atoms with E-state index in [1.807, 2.05) is 0 Å². The Kier molecular flexibility index (Phi) is 4.70. The molecule has 0 heterocycles. The molecule has 0 saturated heterocycles. The van der Waals surface area contributed by atoms with Crippen molar-refractivity contribution in [1.82, 2.24) is 0 Å². The molecular formula is C8H14O3. The summed E-state index contributed by atoms with van der Waals surface area (Å²) >= 11 is 0. The van der Waals surface area contributed by atoms with E-state index in [4.69, 9.17) is 5.11 Å². The SMILES string of the molecule is CCC(O)CC(=O)CC(C)=O. The van der Waals surface area contributed by atoms with Crippen LogP contribution in [-0.4, -0.2) is 22.8 Å². The minimum Gasteiger partial charge on any atom is -0.393 e. The standard InChI is InChI=1S/C8H14O3/c1-3-7(10)5-8(11)4-6(2)9/h7,10H,3-5H2,1-2H3. The van der Waals surface area contributed by atoms with Gasteiger partial charge in [0.2, 0.25) is 0 Å². The summed E-state index contributed by atoms with van der Waals surface area (Å²) in [6, 6.07) is 0. The van der Waals surface area contributed by atoms with Crippen LogP contribution in [0, 0.1) is 0 Å². The van der Waals surface area contributed by atoms with E-state index in [0.29, 0.717) is 6.42 Å². The Morgan fingerprint density at radius 1 is 1.45 bits per heavy atom. The second kappa shape index (κ2) is 5.02. The molecule has 11 heavy (non-hydrogen) atoms.